The molecule has 0 saturated heterocycles. The smallest absolute Gasteiger partial charge is 0.255 e. The summed E-state index contributed by atoms with van der Waals surface area (Å²) in [6.45, 7) is 4.64. The van der Waals surface area contributed by atoms with Crippen LogP contribution in [-0.4, -0.2) is 34.9 Å². The van der Waals surface area contributed by atoms with Crippen molar-refractivity contribution in [3.05, 3.63) is 34.6 Å². The van der Waals surface area contributed by atoms with E-state index in [0.29, 0.717) is 6.54 Å². The first-order valence-corrected chi connectivity index (χ1v) is 6.94. The topological polar surface area (TPSA) is 78.9 Å². The number of amidine groups is 1. The summed E-state index contributed by atoms with van der Waals surface area (Å²) in [5, 5.41) is 11.2. The lowest BCUT2D eigenvalue weighted by molar-refractivity contribution is 0.0740. The number of amides is 1. The van der Waals surface area contributed by atoms with Crippen LogP contribution in [0.2, 0.25) is 5.02 Å². The normalized spacial score (nSPS) is 11.8. The SMILES string of the molecule is CC(C)CN(CC/C(N)=N/O)C(=O)c1cccc(F)c1Cl. The number of oxime groups is 1. The van der Waals surface area contributed by atoms with Crippen molar-refractivity contribution in [1.82, 2.24) is 4.90 Å². The fraction of sp³-hybridized carbons (Fsp3) is 0.429. The van der Waals surface area contributed by atoms with Gasteiger partial charge in [0.15, 0.2) is 0 Å². The summed E-state index contributed by atoms with van der Waals surface area (Å²) in [6, 6.07) is 4.11. The van der Waals surface area contributed by atoms with Gasteiger partial charge in [-0.2, -0.15) is 0 Å². The van der Waals surface area contributed by atoms with Gasteiger partial charge in [0, 0.05) is 19.5 Å². The Bertz CT molecular complexity index is 535. The maximum atomic E-state index is 13.5. The summed E-state index contributed by atoms with van der Waals surface area (Å²) in [7, 11) is 0. The molecule has 0 heterocycles. The molecule has 0 aromatic heterocycles. The average Bonchev–Trinajstić information content (AvgIpc) is 2.44. The van der Waals surface area contributed by atoms with Crippen LogP contribution < -0.4 is 5.73 Å². The Morgan fingerprint density at radius 2 is 2.19 bits per heavy atom. The van der Waals surface area contributed by atoms with Crippen molar-refractivity contribution in [3.8, 4) is 0 Å². The Labute approximate surface area is 128 Å². The molecule has 0 aliphatic heterocycles. The number of benzene rings is 1. The largest absolute Gasteiger partial charge is 0.409 e. The standard InChI is InChI=1S/C14H19ClFN3O2/c1-9(2)8-19(7-6-12(17)18-21)14(20)10-4-3-5-11(16)13(10)15/h3-5,9,21H,6-8H2,1-2H3,(H2,17,18). The molecule has 116 valence electrons. The van der Waals surface area contributed by atoms with E-state index < -0.39 is 5.82 Å². The van der Waals surface area contributed by atoms with Gasteiger partial charge in [-0.15, -0.1) is 0 Å². The number of halogens is 2. The number of hydrogen-bond donors (Lipinski definition) is 2. The second-order valence-electron chi connectivity index (χ2n) is 5.09. The molecule has 0 aliphatic carbocycles. The van der Waals surface area contributed by atoms with Gasteiger partial charge in [-0.3, -0.25) is 4.79 Å². The first-order valence-electron chi connectivity index (χ1n) is 6.56. The van der Waals surface area contributed by atoms with Gasteiger partial charge in [-0.25, -0.2) is 4.39 Å². The summed E-state index contributed by atoms with van der Waals surface area (Å²) >= 11 is 5.85. The van der Waals surface area contributed by atoms with Crippen LogP contribution in [0.4, 0.5) is 4.39 Å². The molecule has 1 aromatic carbocycles. The highest BCUT2D eigenvalue weighted by Crippen LogP contribution is 2.21. The molecule has 5 nitrogen and oxygen atoms in total. The molecule has 1 amide bonds. The molecule has 0 spiro atoms. The van der Waals surface area contributed by atoms with Crippen molar-refractivity contribution in [2.75, 3.05) is 13.1 Å². The van der Waals surface area contributed by atoms with E-state index >= 15 is 0 Å². The van der Waals surface area contributed by atoms with Crippen LogP contribution in [0.3, 0.4) is 0 Å². The first-order chi connectivity index (χ1) is 9.86. The van der Waals surface area contributed by atoms with E-state index in [-0.39, 0.29) is 41.2 Å². The lowest BCUT2D eigenvalue weighted by Gasteiger charge is -2.25. The Morgan fingerprint density at radius 1 is 1.52 bits per heavy atom. The Morgan fingerprint density at radius 3 is 2.76 bits per heavy atom. The van der Waals surface area contributed by atoms with Crippen molar-refractivity contribution < 1.29 is 14.4 Å². The zero-order chi connectivity index (χ0) is 16.0. The summed E-state index contributed by atoms with van der Waals surface area (Å²) in [4.78, 5) is 14.0. The molecule has 0 bridgehead atoms. The first kappa shape index (κ1) is 17.2. The minimum atomic E-state index is -0.636. The van der Waals surface area contributed by atoms with Crippen molar-refractivity contribution in [3.63, 3.8) is 0 Å². The van der Waals surface area contributed by atoms with E-state index in [4.69, 9.17) is 22.5 Å². The van der Waals surface area contributed by atoms with E-state index in [9.17, 15) is 9.18 Å². The van der Waals surface area contributed by atoms with E-state index in [1.807, 2.05) is 13.8 Å². The van der Waals surface area contributed by atoms with E-state index in [0.717, 1.165) is 0 Å². The predicted octanol–water partition coefficient (Wildman–Crippen LogP) is 2.71. The van der Waals surface area contributed by atoms with Crippen LogP contribution in [-0.2, 0) is 0 Å². The highest BCUT2D eigenvalue weighted by Gasteiger charge is 2.21. The fourth-order valence-corrected chi connectivity index (χ4v) is 2.06. The zero-order valence-corrected chi connectivity index (χ0v) is 12.8. The zero-order valence-electron chi connectivity index (χ0n) is 12.0. The minimum absolute atomic E-state index is 0.0295. The third-order valence-electron chi connectivity index (χ3n) is 2.82. The summed E-state index contributed by atoms with van der Waals surface area (Å²) in [6.07, 6.45) is 0.224. The number of carbonyl (C=O) groups excluding carboxylic acids is 1. The van der Waals surface area contributed by atoms with Gasteiger partial charge in [0.25, 0.3) is 5.91 Å². The third kappa shape index (κ3) is 4.90. The number of nitrogens with two attached hydrogens (primary N) is 1. The lowest BCUT2D eigenvalue weighted by Crippen LogP contribution is -2.37. The Hall–Kier alpha value is -1.82. The maximum Gasteiger partial charge on any atom is 0.255 e. The molecule has 0 unspecified atom stereocenters. The highest BCUT2D eigenvalue weighted by atomic mass is 35.5. The lowest BCUT2D eigenvalue weighted by atomic mass is 10.1. The van der Waals surface area contributed by atoms with Crippen molar-refractivity contribution in [1.29, 1.82) is 0 Å². The second-order valence-corrected chi connectivity index (χ2v) is 5.47. The summed E-state index contributed by atoms with van der Waals surface area (Å²) in [5.74, 6) is -0.766. The van der Waals surface area contributed by atoms with Crippen molar-refractivity contribution >= 4 is 23.3 Å². The number of rotatable bonds is 6. The van der Waals surface area contributed by atoms with Gasteiger partial charge in [-0.1, -0.05) is 36.7 Å². The molecule has 21 heavy (non-hydrogen) atoms. The Balaban J connectivity index is 2.96. The molecular weight excluding hydrogens is 297 g/mol. The van der Waals surface area contributed by atoms with Crippen LogP contribution in [0.25, 0.3) is 0 Å². The van der Waals surface area contributed by atoms with Crippen LogP contribution >= 0.6 is 11.6 Å². The summed E-state index contributed by atoms with van der Waals surface area (Å²) in [5.41, 5.74) is 5.53. The number of carbonyl (C=O) groups is 1. The van der Waals surface area contributed by atoms with E-state index in [1.165, 1.54) is 23.1 Å². The second kappa shape index (κ2) is 7.83. The van der Waals surface area contributed by atoms with Crippen LogP contribution in [0.5, 0.6) is 0 Å². The molecule has 0 radical (unpaired) electrons. The van der Waals surface area contributed by atoms with Gasteiger partial charge < -0.3 is 15.8 Å². The summed E-state index contributed by atoms with van der Waals surface area (Å²) < 4.78 is 13.5. The van der Waals surface area contributed by atoms with Gasteiger partial charge in [-0.05, 0) is 18.1 Å². The molecule has 7 heteroatoms. The molecule has 0 aliphatic rings. The molecule has 0 fully saturated rings. The molecule has 3 N–H and O–H groups in total. The monoisotopic (exact) mass is 315 g/mol. The molecule has 1 aromatic rings. The average molecular weight is 316 g/mol. The maximum absolute atomic E-state index is 13.5. The van der Waals surface area contributed by atoms with Gasteiger partial charge in [0.1, 0.15) is 11.7 Å². The van der Waals surface area contributed by atoms with Crippen LogP contribution in [0.15, 0.2) is 23.4 Å². The van der Waals surface area contributed by atoms with E-state index in [2.05, 4.69) is 5.16 Å². The quantitative estimate of drug-likeness (QED) is 0.366. The van der Waals surface area contributed by atoms with Crippen molar-refractivity contribution in [2.24, 2.45) is 16.8 Å². The Kier molecular flexibility index (Phi) is 6.42. The fourth-order valence-electron chi connectivity index (χ4n) is 1.86. The minimum Gasteiger partial charge on any atom is -0.409 e. The molecular formula is C14H19ClFN3O2. The molecule has 0 saturated carbocycles. The molecule has 1 rings (SSSR count). The third-order valence-corrected chi connectivity index (χ3v) is 3.21. The van der Waals surface area contributed by atoms with Gasteiger partial charge in [0.05, 0.1) is 10.6 Å². The van der Waals surface area contributed by atoms with Gasteiger partial charge >= 0.3 is 0 Å². The van der Waals surface area contributed by atoms with Crippen molar-refractivity contribution in [2.45, 2.75) is 20.3 Å². The number of hydrogen-bond acceptors (Lipinski definition) is 3. The highest BCUT2D eigenvalue weighted by molar-refractivity contribution is 6.34. The van der Waals surface area contributed by atoms with E-state index in [1.54, 1.807) is 0 Å². The van der Waals surface area contributed by atoms with Gasteiger partial charge in [0.2, 0.25) is 0 Å². The molecule has 0 atom stereocenters. The number of nitrogens with zero attached hydrogens (tertiary/aromatic N) is 2. The predicted molar refractivity (Wildman–Crippen MR) is 80.2 cm³/mol. The van der Waals surface area contributed by atoms with Crippen LogP contribution in [0.1, 0.15) is 30.6 Å². The van der Waals surface area contributed by atoms with Crippen LogP contribution in [0, 0.1) is 11.7 Å².